The average Bonchev–Trinajstić information content (AvgIpc) is 3.46. The molecule has 2 aromatic carbocycles. The van der Waals surface area contributed by atoms with Crippen molar-refractivity contribution in [2.24, 2.45) is 0 Å². The van der Waals surface area contributed by atoms with Crippen LogP contribution in [-0.4, -0.2) is 21.8 Å². The summed E-state index contributed by atoms with van der Waals surface area (Å²) in [6.45, 7) is 2.00. The maximum absolute atomic E-state index is 13.3. The molecule has 0 saturated heterocycles. The minimum absolute atomic E-state index is 0.0704. The summed E-state index contributed by atoms with van der Waals surface area (Å²) in [5, 5.41) is 13.1. The molecular weight excluding hydrogens is 496 g/mol. The minimum atomic E-state index is -0.777. The molecule has 8 heteroatoms. The standard InChI is InChI=1S/C23H15BrN2O3S2/c1-12-7-8-15-17(10-12)31-23(25-15)26-19(13-4-2-5-14(24)11-13)18(21(28)22(26)29)20(27)16-6-3-9-30-16/h2-11,19,28H,1H3/t19-/m1/s1. The Morgan fingerprint density at radius 1 is 1.16 bits per heavy atom. The van der Waals surface area contributed by atoms with Gasteiger partial charge in [0.25, 0.3) is 5.91 Å². The van der Waals surface area contributed by atoms with Crippen molar-refractivity contribution in [2.45, 2.75) is 13.0 Å². The van der Waals surface area contributed by atoms with Crippen LogP contribution < -0.4 is 4.90 Å². The summed E-state index contributed by atoms with van der Waals surface area (Å²) >= 11 is 6.11. The zero-order valence-electron chi connectivity index (χ0n) is 16.2. The summed E-state index contributed by atoms with van der Waals surface area (Å²) in [6, 6.07) is 16.0. The van der Waals surface area contributed by atoms with Gasteiger partial charge in [-0.3, -0.25) is 14.5 Å². The maximum atomic E-state index is 13.3. The van der Waals surface area contributed by atoms with E-state index in [0.29, 0.717) is 15.6 Å². The smallest absolute Gasteiger partial charge is 0.296 e. The summed E-state index contributed by atoms with van der Waals surface area (Å²) < 4.78 is 1.75. The van der Waals surface area contributed by atoms with Gasteiger partial charge >= 0.3 is 0 Å². The molecule has 1 atom stereocenters. The number of anilines is 1. The topological polar surface area (TPSA) is 70.5 Å². The van der Waals surface area contributed by atoms with Gasteiger partial charge < -0.3 is 5.11 Å². The van der Waals surface area contributed by atoms with Crippen molar-refractivity contribution in [3.8, 4) is 0 Å². The highest BCUT2D eigenvalue weighted by atomic mass is 79.9. The third-order valence-corrected chi connectivity index (χ3v) is 7.48. The van der Waals surface area contributed by atoms with E-state index in [1.54, 1.807) is 17.5 Å². The van der Waals surface area contributed by atoms with Gasteiger partial charge in [0.2, 0.25) is 5.78 Å². The number of fused-ring (bicyclic) bond motifs is 1. The lowest BCUT2D eigenvalue weighted by molar-refractivity contribution is -0.117. The third-order valence-electron chi connectivity index (χ3n) is 5.10. The Morgan fingerprint density at radius 3 is 2.74 bits per heavy atom. The lowest BCUT2D eigenvalue weighted by atomic mass is 9.96. The van der Waals surface area contributed by atoms with E-state index in [4.69, 9.17) is 0 Å². The van der Waals surface area contributed by atoms with E-state index in [-0.39, 0.29) is 11.4 Å². The molecule has 1 N–H and O–H groups in total. The molecule has 0 unspecified atom stereocenters. The largest absolute Gasteiger partial charge is 0.503 e. The van der Waals surface area contributed by atoms with Gasteiger partial charge in [-0.05, 0) is 53.8 Å². The predicted octanol–water partition coefficient (Wildman–Crippen LogP) is 6.21. The number of carbonyl (C=O) groups excluding carboxylic acids is 2. The second-order valence-electron chi connectivity index (χ2n) is 7.17. The number of Topliss-reactive ketones (excluding diaryl/α,β-unsaturated/α-hetero) is 1. The van der Waals surface area contributed by atoms with Crippen LogP contribution in [0.4, 0.5) is 5.13 Å². The highest BCUT2D eigenvalue weighted by molar-refractivity contribution is 9.10. The van der Waals surface area contributed by atoms with Crippen molar-refractivity contribution in [3.05, 3.63) is 91.8 Å². The fourth-order valence-corrected chi connectivity index (χ4v) is 5.88. The molecule has 1 aliphatic heterocycles. The number of thiazole rings is 1. The molecule has 154 valence electrons. The quantitative estimate of drug-likeness (QED) is 0.331. The van der Waals surface area contributed by atoms with E-state index in [1.165, 1.54) is 27.6 Å². The van der Waals surface area contributed by atoms with Crippen LogP contribution in [0.15, 0.2) is 75.8 Å². The molecule has 1 aliphatic rings. The van der Waals surface area contributed by atoms with E-state index >= 15 is 0 Å². The van der Waals surface area contributed by atoms with Crippen molar-refractivity contribution in [1.82, 2.24) is 4.98 Å². The van der Waals surface area contributed by atoms with Crippen LogP contribution in [0, 0.1) is 6.92 Å². The number of hydrogen-bond acceptors (Lipinski definition) is 6. The van der Waals surface area contributed by atoms with Crippen LogP contribution >= 0.6 is 38.6 Å². The van der Waals surface area contributed by atoms with Crippen molar-refractivity contribution in [1.29, 1.82) is 0 Å². The van der Waals surface area contributed by atoms with Gasteiger partial charge in [0.05, 0.1) is 26.7 Å². The van der Waals surface area contributed by atoms with E-state index in [0.717, 1.165) is 20.3 Å². The minimum Gasteiger partial charge on any atom is -0.503 e. The van der Waals surface area contributed by atoms with Crippen LogP contribution in [0.3, 0.4) is 0 Å². The van der Waals surface area contributed by atoms with E-state index in [9.17, 15) is 14.7 Å². The number of halogens is 1. The normalized spacial score (nSPS) is 16.5. The van der Waals surface area contributed by atoms with Gasteiger partial charge in [0.15, 0.2) is 10.9 Å². The molecule has 1 amide bonds. The summed E-state index contributed by atoms with van der Waals surface area (Å²) in [5.41, 5.74) is 2.64. The molecule has 5 nitrogen and oxygen atoms in total. The molecule has 0 fully saturated rings. The Hall–Kier alpha value is -2.81. The van der Waals surface area contributed by atoms with Gasteiger partial charge in [0, 0.05) is 4.47 Å². The summed E-state index contributed by atoms with van der Waals surface area (Å²) in [5.74, 6) is -1.51. The molecule has 0 radical (unpaired) electrons. The van der Waals surface area contributed by atoms with E-state index < -0.39 is 17.7 Å². The fraction of sp³-hybridized carbons (Fsp3) is 0.0870. The first-order valence-electron chi connectivity index (χ1n) is 9.41. The predicted molar refractivity (Wildman–Crippen MR) is 127 cm³/mol. The first kappa shape index (κ1) is 20.1. The molecular formula is C23H15BrN2O3S2. The molecule has 31 heavy (non-hydrogen) atoms. The third kappa shape index (κ3) is 3.40. The van der Waals surface area contributed by atoms with E-state index in [1.807, 2.05) is 49.4 Å². The number of hydrogen-bond donors (Lipinski definition) is 1. The number of aryl methyl sites for hydroxylation is 1. The molecule has 0 bridgehead atoms. The number of carbonyl (C=O) groups is 2. The maximum Gasteiger partial charge on any atom is 0.296 e. The summed E-state index contributed by atoms with van der Waals surface area (Å²) in [4.78, 5) is 33.1. The second kappa shape index (κ2) is 7.71. The van der Waals surface area contributed by atoms with Crippen molar-refractivity contribution < 1.29 is 14.7 Å². The Bertz CT molecular complexity index is 1370. The second-order valence-corrected chi connectivity index (χ2v) is 10.0. The van der Waals surface area contributed by atoms with Gasteiger partial charge in [-0.1, -0.05) is 51.5 Å². The Labute approximate surface area is 194 Å². The lowest BCUT2D eigenvalue weighted by Crippen LogP contribution is -2.30. The molecule has 0 saturated carbocycles. The van der Waals surface area contributed by atoms with Gasteiger partial charge in [-0.2, -0.15) is 0 Å². The number of aliphatic hydroxyl groups is 1. The van der Waals surface area contributed by atoms with Crippen molar-refractivity contribution >= 4 is 65.6 Å². The monoisotopic (exact) mass is 510 g/mol. The highest BCUT2D eigenvalue weighted by Gasteiger charge is 2.46. The van der Waals surface area contributed by atoms with Crippen LogP contribution in [-0.2, 0) is 4.79 Å². The van der Waals surface area contributed by atoms with Crippen LogP contribution in [0.5, 0.6) is 0 Å². The number of benzene rings is 2. The fourth-order valence-electron chi connectivity index (χ4n) is 3.69. The zero-order chi connectivity index (χ0) is 21.7. The number of amides is 1. The van der Waals surface area contributed by atoms with E-state index in [2.05, 4.69) is 20.9 Å². The summed E-state index contributed by atoms with van der Waals surface area (Å²) in [7, 11) is 0. The van der Waals surface area contributed by atoms with Gasteiger partial charge in [0.1, 0.15) is 0 Å². The number of ketones is 1. The zero-order valence-corrected chi connectivity index (χ0v) is 19.4. The molecule has 3 heterocycles. The number of aliphatic hydroxyl groups excluding tert-OH is 1. The van der Waals surface area contributed by atoms with Crippen molar-refractivity contribution in [3.63, 3.8) is 0 Å². The summed E-state index contributed by atoms with van der Waals surface area (Å²) in [6.07, 6.45) is 0. The molecule has 4 aromatic rings. The SMILES string of the molecule is Cc1ccc2nc(N3C(=O)C(O)=C(C(=O)c4cccs4)[C@H]3c3cccc(Br)c3)sc2c1. The Kier molecular flexibility index (Phi) is 5.00. The van der Waals surface area contributed by atoms with Crippen LogP contribution in [0.1, 0.15) is 26.8 Å². The molecule has 2 aromatic heterocycles. The van der Waals surface area contributed by atoms with Crippen molar-refractivity contribution in [2.75, 3.05) is 4.90 Å². The van der Waals surface area contributed by atoms with Gasteiger partial charge in [-0.15, -0.1) is 11.3 Å². The number of rotatable bonds is 4. The van der Waals surface area contributed by atoms with Crippen LogP contribution in [0.25, 0.3) is 10.2 Å². The molecule has 0 aliphatic carbocycles. The Balaban J connectivity index is 1.70. The average molecular weight is 511 g/mol. The van der Waals surface area contributed by atoms with Gasteiger partial charge in [-0.25, -0.2) is 4.98 Å². The number of nitrogens with zero attached hydrogens (tertiary/aromatic N) is 2. The highest BCUT2D eigenvalue weighted by Crippen LogP contribution is 2.44. The lowest BCUT2D eigenvalue weighted by Gasteiger charge is -2.24. The number of aromatic nitrogens is 1. The molecule has 5 rings (SSSR count). The Morgan fingerprint density at radius 2 is 2.00 bits per heavy atom. The molecule has 0 spiro atoms. The number of thiophene rings is 1. The first-order valence-corrected chi connectivity index (χ1v) is 11.9. The van der Waals surface area contributed by atoms with Crippen LogP contribution in [0.2, 0.25) is 0 Å². The first-order chi connectivity index (χ1) is 14.9.